The Kier molecular flexibility index (Phi) is 6.84. The van der Waals surface area contributed by atoms with E-state index < -0.39 is 0 Å². The highest BCUT2D eigenvalue weighted by atomic mass is 79.9. The lowest BCUT2D eigenvalue weighted by Crippen LogP contribution is -2.29. The number of halogens is 1. The fourth-order valence-corrected chi connectivity index (χ4v) is 3.54. The van der Waals surface area contributed by atoms with Crippen LogP contribution in [0.3, 0.4) is 0 Å². The summed E-state index contributed by atoms with van der Waals surface area (Å²) in [7, 11) is 3.38. The van der Waals surface area contributed by atoms with E-state index >= 15 is 0 Å². The van der Waals surface area contributed by atoms with Gasteiger partial charge >= 0.3 is 0 Å². The molecule has 0 aromatic heterocycles. The van der Waals surface area contributed by atoms with Crippen LogP contribution >= 0.6 is 15.9 Å². The van der Waals surface area contributed by atoms with E-state index in [0.29, 0.717) is 6.04 Å². The molecule has 0 spiro atoms. The van der Waals surface area contributed by atoms with Crippen molar-refractivity contribution >= 4 is 15.9 Å². The topological polar surface area (TPSA) is 30.5 Å². The van der Waals surface area contributed by atoms with Gasteiger partial charge in [-0.1, -0.05) is 48.0 Å². The highest BCUT2D eigenvalue weighted by molar-refractivity contribution is 9.10. The number of methoxy groups -OCH3 is 2. The lowest BCUT2D eigenvalue weighted by molar-refractivity contribution is 0.346. The first-order valence-corrected chi connectivity index (χ1v) is 8.67. The van der Waals surface area contributed by atoms with Crippen molar-refractivity contribution in [2.45, 2.75) is 57.5 Å². The molecule has 4 heteroatoms. The van der Waals surface area contributed by atoms with Gasteiger partial charge in [0.2, 0.25) is 0 Å². The summed E-state index contributed by atoms with van der Waals surface area (Å²) in [4.78, 5) is 0. The van der Waals surface area contributed by atoms with Crippen molar-refractivity contribution in [2.24, 2.45) is 0 Å². The van der Waals surface area contributed by atoms with Crippen molar-refractivity contribution in [3.63, 3.8) is 0 Å². The van der Waals surface area contributed by atoms with E-state index in [4.69, 9.17) is 9.47 Å². The summed E-state index contributed by atoms with van der Waals surface area (Å²) in [5.74, 6) is 1.61. The summed E-state index contributed by atoms with van der Waals surface area (Å²) in [6.45, 7) is 0.823. The molecule has 1 aliphatic carbocycles. The van der Waals surface area contributed by atoms with Crippen molar-refractivity contribution in [1.82, 2.24) is 5.32 Å². The molecule has 0 heterocycles. The first kappa shape index (κ1) is 16.6. The second kappa shape index (κ2) is 8.64. The van der Waals surface area contributed by atoms with Gasteiger partial charge in [-0.2, -0.15) is 0 Å². The molecule has 1 saturated carbocycles. The van der Waals surface area contributed by atoms with E-state index in [2.05, 4.69) is 27.3 Å². The molecule has 118 valence electrons. The number of rotatable bonds is 5. The van der Waals surface area contributed by atoms with Crippen molar-refractivity contribution in [1.29, 1.82) is 0 Å². The SMILES string of the molecule is COc1cc(Br)cc(CNC2CCCCCCC2)c1OC. The zero-order valence-electron chi connectivity index (χ0n) is 13.1. The van der Waals surface area contributed by atoms with Gasteiger partial charge < -0.3 is 14.8 Å². The Hall–Kier alpha value is -0.740. The summed E-state index contributed by atoms with van der Waals surface area (Å²) >= 11 is 3.54. The highest BCUT2D eigenvalue weighted by Gasteiger charge is 2.15. The quantitative estimate of drug-likeness (QED) is 0.832. The summed E-state index contributed by atoms with van der Waals surface area (Å²) in [5.41, 5.74) is 1.14. The molecule has 2 rings (SSSR count). The van der Waals surface area contributed by atoms with Gasteiger partial charge in [0, 0.05) is 22.6 Å². The summed E-state index contributed by atoms with van der Waals surface area (Å²) in [6.07, 6.45) is 9.43. The van der Waals surface area contributed by atoms with Crippen molar-refractivity contribution in [2.75, 3.05) is 14.2 Å². The Labute approximate surface area is 136 Å². The van der Waals surface area contributed by atoms with Crippen LogP contribution in [0.1, 0.15) is 50.5 Å². The number of hydrogen-bond donors (Lipinski definition) is 1. The van der Waals surface area contributed by atoms with Crippen LogP contribution < -0.4 is 14.8 Å². The molecule has 1 aromatic carbocycles. The Balaban J connectivity index is 2.02. The molecule has 1 aliphatic rings. The second-order valence-corrected chi connectivity index (χ2v) is 6.64. The maximum Gasteiger partial charge on any atom is 0.165 e. The van der Waals surface area contributed by atoms with Crippen LogP contribution in [0.25, 0.3) is 0 Å². The van der Waals surface area contributed by atoms with Crippen LogP contribution in [-0.4, -0.2) is 20.3 Å². The third-order valence-electron chi connectivity index (χ3n) is 4.21. The molecule has 1 aromatic rings. The monoisotopic (exact) mass is 355 g/mol. The van der Waals surface area contributed by atoms with Crippen LogP contribution in [-0.2, 0) is 6.54 Å². The van der Waals surface area contributed by atoms with E-state index in [1.165, 1.54) is 44.9 Å². The van der Waals surface area contributed by atoms with Crippen LogP contribution in [0.15, 0.2) is 16.6 Å². The van der Waals surface area contributed by atoms with Crippen LogP contribution in [0.5, 0.6) is 11.5 Å². The standard InChI is InChI=1S/C17H26BrNO2/c1-20-16-11-14(18)10-13(17(16)21-2)12-19-15-8-6-4-3-5-7-9-15/h10-11,15,19H,3-9,12H2,1-2H3. The van der Waals surface area contributed by atoms with E-state index in [0.717, 1.165) is 28.1 Å². The Morgan fingerprint density at radius 1 is 1.05 bits per heavy atom. The molecule has 0 amide bonds. The minimum atomic E-state index is 0.625. The summed E-state index contributed by atoms with van der Waals surface area (Å²) in [6, 6.07) is 4.68. The molecule has 1 fully saturated rings. The molecule has 0 unspecified atom stereocenters. The maximum absolute atomic E-state index is 5.52. The third-order valence-corrected chi connectivity index (χ3v) is 4.66. The zero-order chi connectivity index (χ0) is 15.1. The predicted molar refractivity (Wildman–Crippen MR) is 90.2 cm³/mol. The van der Waals surface area contributed by atoms with Crippen LogP contribution in [0, 0.1) is 0 Å². The van der Waals surface area contributed by atoms with E-state index in [1.54, 1.807) is 14.2 Å². The van der Waals surface area contributed by atoms with Crippen molar-refractivity contribution in [3.8, 4) is 11.5 Å². The minimum absolute atomic E-state index is 0.625. The molecule has 0 saturated heterocycles. The molecular weight excluding hydrogens is 330 g/mol. The van der Waals surface area contributed by atoms with Crippen molar-refractivity contribution < 1.29 is 9.47 Å². The lowest BCUT2D eigenvalue weighted by atomic mass is 9.96. The van der Waals surface area contributed by atoms with E-state index in [1.807, 2.05) is 6.07 Å². The second-order valence-electron chi connectivity index (χ2n) is 5.72. The first-order valence-electron chi connectivity index (χ1n) is 7.88. The van der Waals surface area contributed by atoms with Gasteiger partial charge in [0.05, 0.1) is 14.2 Å². The third kappa shape index (κ3) is 4.89. The van der Waals surface area contributed by atoms with E-state index in [-0.39, 0.29) is 0 Å². The average molecular weight is 356 g/mol. The zero-order valence-corrected chi connectivity index (χ0v) is 14.7. The van der Waals surface area contributed by atoms with Gasteiger partial charge in [0.15, 0.2) is 11.5 Å². The normalized spacial score (nSPS) is 17.1. The van der Waals surface area contributed by atoms with Gasteiger partial charge in [0.1, 0.15) is 0 Å². The van der Waals surface area contributed by atoms with Crippen LogP contribution in [0.2, 0.25) is 0 Å². The number of benzene rings is 1. The smallest absolute Gasteiger partial charge is 0.165 e. The lowest BCUT2D eigenvalue weighted by Gasteiger charge is -2.22. The van der Waals surface area contributed by atoms with Gasteiger partial charge in [-0.25, -0.2) is 0 Å². The Bertz CT molecular complexity index is 443. The van der Waals surface area contributed by atoms with Crippen molar-refractivity contribution in [3.05, 3.63) is 22.2 Å². The van der Waals surface area contributed by atoms with Gasteiger partial charge in [0.25, 0.3) is 0 Å². The first-order chi connectivity index (χ1) is 10.2. The predicted octanol–water partition coefficient (Wildman–Crippen LogP) is 4.67. The van der Waals surface area contributed by atoms with E-state index in [9.17, 15) is 0 Å². The van der Waals surface area contributed by atoms with Gasteiger partial charge in [-0.3, -0.25) is 0 Å². The molecule has 21 heavy (non-hydrogen) atoms. The maximum atomic E-state index is 5.52. The molecule has 0 radical (unpaired) electrons. The average Bonchev–Trinajstić information content (AvgIpc) is 2.45. The molecule has 1 N–H and O–H groups in total. The fraction of sp³-hybridized carbons (Fsp3) is 0.647. The highest BCUT2D eigenvalue weighted by Crippen LogP contribution is 2.34. The van der Waals surface area contributed by atoms with Crippen LogP contribution in [0.4, 0.5) is 0 Å². The summed E-state index contributed by atoms with van der Waals surface area (Å²) < 4.78 is 11.9. The summed E-state index contributed by atoms with van der Waals surface area (Å²) in [5, 5.41) is 3.70. The largest absolute Gasteiger partial charge is 0.493 e. The Morgan fingerprint density at radius 3 is 2.33 bits per heavy atom. The molecular formula is C17H26BrNO2. The minimum Gasteiger partial charge on any atom is -0.493 e. The van der Waals surface area contributed by atoms with Gasteiger partial charge in [-0.15, -0.1) is 0 Å². The molecule has 0 aliphatic heterocycles. The molecule has 0 atom stereocenters. The van der Waals surface area contributed by atoms with Gasteiger partial charge in [-0.05, 0) is 25.0 Å². The number of hydrogen-bond acceptors (Lipinski definition) is 3. The Morgan fingerprint density at radius 2 is 1.71 bits per heavy atom. The molecule has 0 bridgehead atoms. The number of ether oxygens (including phenoxy) is 2. The number of nitrogens with one attached hydrogen (secondary N) is 1. The fourth-order valence-electron chi connectivity index (χ4n) is 3.05. The molecule has 3 nitrogen and oxygen atoms in total.